The van der Waals surface area contributed by atoms with Crippen molar-refractivity contribution in [2.45, 2.75) is 0 Å². The molecular weight excluding hydrogens is 244 g/mol. The Labute approximate surface area is 108 Å². The summed E-state index contributed by atoms with van der Waals surface area (Å²) in [6.45, 7) is 0. The minimum Gasteiger partial charge on any atom is -0.423 e. The average molecular weight is 254 g/mol. The van der Waals surface area contributed by atoms with Crippen LogP contribution >= 0.6 is 0 Å². The summed E-state index contributed by atoms with van der Waals surface area (Å²) in [6, 6.07) is 5.12. The Morgan fingerprint density at radius 2 is 2.00 bits per heavy atom. The van der Waals surface area contributed by atoms with Crippen molar-refractivity contribution in [2.75, 3.05) is 0 Å². The Hall–Kier alpha value is -2.76. The van der Waals surface area contributed by atoms with E-state index >= 15 is 0 Å². The number of carbonyl (C=O) groups is 1. The largest absolute Gasteiger partial charge is 0.423 e. The second kappa shape index (κ2) is 4.49. The van der Waals surface area contributed by atoms with Crippen molar-refractivity contribution in [1.82, 2.24) is 19.7 Å². The third-order valence-electron chi connectivity index (χ3n) is 2.59. The van der Waals surface area contributed by atoms with Crippen molar-refractivity contribution >= 4 is 17.0 Å². The molecule has 3 rings (SSSR count). The second-order valence-electron chi connectivity index (χ2n) is 4.00. The Balaban J connectivity index is 1.87. The fourth-order valence-electron chi connectivity index (χ4n) is 1.70. The summed E-state index contributed by atoms with van der Waals surface area (Å²) in [5, 5.41) is 3.92. The molecule has 0 fully saturated rings. The third kappa shape index (κ3) is 2.28. The van der Waals surface area contributed by atoms with Crippen LogP contribution in [-0.4, -0.2) is 25.7 Å². The summed E-state index contributed by atoms with van der Waals surface area (Å²) in [5.41, 5.74) is 1.84. The molecule has 0 aliphatic heterocycles. The number of aromatic nitrogens is 4. The summed E-state index contributed by atoms with van der Waals surface area (Å²) in [7, 11) is 1.74. The minimum atomic E-state index is -0.448. The van der Waals surface area contributed by atoms with Gasteiger partial charge in [0.2, 0.25) is 0 Å². The van der Waals surface area contributed by atoms with Crippen LogP contribution in [0.3, 0.4) is 0 Å². The van der Waals surface area contributed by atoms with Gasteiger partial charge in [0.1, 0.15) is 5.75 Å². The first-order valence-corrected chi connectivity index (χ1v) is 5.64. The van der Waals surface area contributed by atoms with Gasteiger partial charge in [-0.3, -0.25) is 14.6 Å². The third-order valence-corrected chi connectivity index (χ3v) is 2.59. The topological polar surface area (TPSA) is 69.9 Å². The maximum Gasteiger partial charge on any atom is 0.346 e. The van der Waals surface area contributed by atoms with Crippen molar-refractivity contribution in [2.24, 2.45) is 7.05 Å². The monoisotopic (exact) mass is 254 g/mol. The van der Waals surface area contributed by atoms with Crippen LogP contribution in [0.4, 0.5) is 0 Å². The first-order chi connectivity index (χ1) is 9.22. The fraction of sp³-hybridized carbons (Fsp3) is 0.0769. The van der Waals surface area contributed by atoms with E-state index in [0.717, 1.165) is 5.52 Å². The maximum absolute atomic E-state index is 11.9. The van der Waals surface area contributed by atoms with Crippen LogP contribution < -0.4 is 4.74 Å². The number of carbonyl (C=O) groups excluding carboxylic acids is 1. The van der Waals surface area contributed by atoms with E-state index in [-0.39, 0.29) is 0 Å². The molecule has 0 saturated carbocycles. The van der Waals surface area contributed by atoms with Crippen molar-refractivity contribution in [3.05, 3.63) is 48.5 Å². The first-order valence-electron chi connectivity index (χ1n) is 5.64. The summed E-state index contributed by atoms with van der Waals surface area (Å²) in [6.07, 6.45) is 6.27. The lowest BCUT2D eigenvalue weighted by Gasteiger charge is -2.03. The SMILES string of the molecule is Cn1cc(C(=O)Oc2ccc3nccnc3c2)cn1. The molecule has 0 saturated heterocycles. The van der Waals surface area contributed by atoms with Gasteiger partial charge in [0.15, 0.2) is 0 Å². The van der Waals surface area contributed by atoms with E-state index in [1.807, 2.05) is 0 Å². The van der Waals surface area contributed by atoms with Gasteiger partial charge in [0.05, 0.1) is 22.8 Å². The highest BCUT2D eigenvalue weighted by Gasteiger charge is 2.11. The highest BCUT2D eigenvalue weighted by Crippen LogP contribution is 2.18. The van der Waals surface area contributed by atoms with E-state index in [1.54, 1.807) is 48.5 Å². The lowest BCUT2D eigenvalue weighted by atomic mass is 10.3. The van der Waals surface area contributed by atoms with Gasteiger partial charge >= 0.3 is 5.97 Å². The van der Waals surface area contributed by atoms with Crippen LogP contribution in [0.25, 0.3) is 11.0 Å². The number of hydrogen-bond acceptors (Lipinski definition) is 5. The van der Waals surface area contributed by atoms with E-state index in [1.165, 1.54) is 6.20 Å². The Morgan fingerprint density at radius 3 is 2.74 bits per heavy atom. The average Bonchev–Trinajstić information content (AvgIpc) is 2.85. The number of hydrogen-bond donors (Lipinski definition) is 0. The number of ether oxygens (including phenoxy) is 1. The van der Waals surface area contributed by atoms with Crippen LogP contribution in [0, 0.1) is 0 Å². The molecule has 94 valence electrons. The zero-order valence-electron chi connectivity index (χ0n) is 10.1. The van der Waals surface area contributed by atoms with Gasteiger partial charge in [-0.25, -0.2) is 4.79 Å². The molecule has 2 heterocycles. The number of aryl methyl sites for hydroxylation is 1. The number of nitrogens with zero attached hydrogens (tertiary/aromatic N) is 4. The maximum atomic E-state index is 11.9. The predicted octanol–water partition coefficient (Wildman–Crippen LogP) is 1.58. The summed E-state index contributed by atoms with van der Waals surface area (Å²) >= 11 is 0. The summed E-state index contributed by atoms with van der Waals surface area (Å²) < 4.78 is 6.81. The van der Waals surface area contributed by atoms with Crippen LogP contribution in [0.5, 0.6) is 5.75 Å². The fourth-order valence-corrected chi connectivity index (χ4v) is 1.70. The van der Waals surface area contributed by atoms with E-state index < -0.39 is 5.97 Å². The summed E-state index contributed by atoms with van der Waals surface area (Å²) in [5.74, 6) is -0.0156. The highest BCUT2D eigenvalue weighted by molar-refractivity contribution is 5.91. The molecule has 0 N–H and O–H groups in total. The standard InChI is InChI=1S/C13H10N4O2/c1-17-8-9(7-16-17)13(18)19-10-2-3-11-12(6-10)15-5-4-14-11/h2-8H,1H3. The van der Waals surface area contributed by atoms with Gasteiger partial charge < -0.3 is 4.74 Å². The molecule has 0 aliphatic carbocycles. The van der Waals surface area contributed by atoms with Gasteiger partial charge in [-0.1, -0.05) is 0 Å². The van der Waals surface area contributed by atoms with E-state index in [4.69, 9.17) is 4.74 Å². The Bertz CT molecular complexity index is 751. The van der Waals surface area contributed by atoms with Crippen molar-refractivity contribution in [3.8, 4) is 5.75 Å². The van der Waals surface area contributed by atoms with Crippen LogP contribution in [0.2, 0.25) is 0 Å². The number of benzene rings is 1. The molecule has 3 aromatic rings. The summed E-state index contributed by atoms with van der Waals surface area (Å²) in [4.78, 5) is 20.2. The lowest BCUT2D eigenvalue weighted by molar-refractivity contribution is 0.0735. The zero-order valence-corrected chi connectivity index (χ0v) is 10.1. The molecular formula is C13H10N4O2. The van der Waals surface area contributed by atoms with Gasteiger partial charge in [-0.15, -0.1) is 0 Å². The molecule has 6 heteroatoms. The predicted molar refractivity (Wildman–Crippen MR) is 67.7 cm³/mol. The molecule has 0 unspecified atom stereocenters. The molecule has 1 aromatic carbocycles. The molecule has 0 spiro atoms. The van der Waals surface area contributed by atoms with Gasteiger partial charge in [-0.2, -0.15) is 5.10 Å². The molecule has 0 bridgehead atoms. The van der Waals surface area contributed by atoms with Crippen molar-refractivity contribution in [1.29, 1.82) is 0 Å². The molecule has 0 radical (unpaired) electrons. The van der Waals surface area contributed by atoms with E-state index in [9.17, 15) is 4.79 Å². The molecule has 0 amide bonds. The lowest BCUT2D eigenvalue weighted by Crippen LogP contribution is -2.07. The zero-order chi connectivity index (χ0) is 13.2. The minimum absolute atomic E-state index is 0.404. The van der Waals surface area contributed by atoms with Crippen LogP contribution in [-0.2, 0) is 7.05 Å². The molecule has 19 heavy (non-hydrogen) atoms. The molecule has 2 aromatic heterocycles. The van der Waals surface area contributed by atoms with Gasteiger partial charge in [-0.05, 0) is 12.1 Å². The van der Waals surface area contributed by atoms with Crippen molar-refractivity contribution < 1.29 is 9.53 Å². The normalized spacial score (nSPS) is 10.6. The number of esters is 1. The van der Waals surface area contributed by atoms with Crippen molar-refractivity contribution in [3.63, 3.8) is 0 Å². The number of rotatable bonds is 2. The van der Waals surface area contributed by atoms with E-state index in [0.29, 0.717) is 16.8 Å². The molecule has 0 aliphatic rings. The van der Waals surface area contributed by atoms with Crippen LogP contribution in [0.1, 0.15) is 10.4 Å². The Morgan fingerprint density at radius 1 is 1.21 bits per heavy atom. The first kappa shape index (κ1) is 11.3. The smallest absolute Gasteiger partial charge is 0.346 e. The highest BCUT2D eigenvalue weighted by atomic mass is 16.5. The van der Waals surface area contributed by atoms with Gasteiger partial charge in [0, 0.05) is 31.7 Å². The van der Waals surface area contributed by atoms with Gasteiger partial charge in [0.25, 0.3) is 0 Å². The molecule has 0 atom stereocenters. The van der Waals surface area contributed by atoms with E-state index in [2.05, 4.69) is 15.1 Å². The molecule has 6 nitrogen and oxygen atoms in total. The Kier molecular flexibility index (Phi) is 2.68. The van der Waals surface area contributed by atoms with Crippen LogP contribution in [0.15, 0.2) is 43.0 Å². The second-order valence-corrected chi connectivity index (χ2v) is 4.00. The quantitative estimate of drug-likeness (QED) is 0.513. The number of fused-ring (bicyclic) bond motifs is 1.